The summed E-state index contributed by atoms with van der Waals surface area (Å²) in [5.74, 6) is -4.02. The summed E-state index contributed by atoms with van der Waals surface area (Å²) in [7, 11) is -4.85. The summed E-state index contributed by atoms with van der Waals surface area (Å²) >= 11 is 0. The minimum absolute atomic E-state index is 0.442. The third kappa shape index (κ3) is 5.14. The standard InChI is InChI=1S/C22H12F6O6S/c23-21(24,25)14-5-1-3-11(7-14)16-9-13(18(19(29)30)20(31)32)10-17(35(16,33)34)12-4-2-6-15(8-12)22(26,27)28/h1-10H,(H,29,30)(H,31,32). The number of sulfone groups is 1. The molecule has 0 aliphatic carbocycles. The number of rotatable bonds is 4. The molecule has 0 saturated carbocycles. The van der Waals surface area contributed by atoms with E-state index in [1.165, 1.54) is 0 Å². The van der Waals surface area contributed by atoms with Crippen LogP contribution in [0.2, 0.25) is 0 Å². The molecule has 0 radical (unpaired) electrons. The zero-order valence-electron chi connectivity index (χ0n) is 17.0. The molecule has 2 aromatic carbocycles. The van der Waals surface area contributed by atoms with Gasteiger partial charge in [0.05, 0.1) is 20.9 Å². The highest BCUT2D eigenvalue weighted by Gasteiger charge is 2.37. The Morgan fingerprint density at radius 2 is 1.06 bits per heavy atom. The number of hydrogen-bond acceptors (Lipinski definition) is 4. The predicted octanol–water partition coefficient (Wildman–Crippen LogP) is 5.00. The van der Waals surface area contributed by atoms with Crippen molar-refractivity contribution in [3.05, 3.63) is 94.1 Å². The topological polar surface area (TPSA) is 109 Å². The van der Waals surface area contributed by atoms with Gasteiger partial charge in [0.25, 0.3) is 0 Å². The van der Waals surface area contributed by atoms with Crippen LogP contribution in [-0.2, 0) is 31.8 Å². The summed E-state index contributed by atoms with van der Waals surface area (Å²) in [5.41, 5.74) is -5.77. The average Bonchev–Trinajstić information content (AvgIpc) is 2.73. The minimum atomic E-state index is -4.89. The summed E-state index contributed by atoms with van der Waals surface area (Å²) in [6, 6.07) is 5.80. The van der Waals surface area contributed by atoms with Gasteiger partial charge in [-0.3, -0.25) is 0 Å². The SMILES string of the molecule is O=C(O)C(C(=O)O)=C1C=C(c2cccc(C(F)(F)F)c2)S(=O)(=O)C(c2cccc(C(F)(F)F)c2)=C1. The highest BCUT2D eigenvalue weighted by Crippen LogP contribution is 2.42. The van der Waals surface area contributed by atoms with E-state index in [1.54, 1.807) is 0 Å². The van der Waals surface area contributed by atoms with Crippen molar-refractivity contribution in [2.75, 3.05) is 0 Å². The number of aliphatic carboxylic acids is 2. The van der Waals surface area contributed by atoms with Gasteiger partial charge in [0.2, 0.25) is 9.84 Å². The fourth-order valence-corrected chi connectivity index (χ4v) is 4.93. The van der Waals surface area contributed by atoms with Crippen molar-refractivity contribution >= 4 is 31.6 Å². The van der Waals surface area contributed by atoms with Crippen molar-refractivity contribution in [2.24, 2.45) is 0 Å². The average molecular weight is 518 g/mol. The molecule has 0 unspecified atom stereocenters. The first-order chi connectivity index (χ1) is 16.0. The fraction of sp³-hybridized carbons (Fsp3) is 0.0909. The second-order valence-corrected chi connectivity index (χ2v) is 9.00. The van der Waals surface area contributed by atoms with E-state index in [2.05, 4.69) is 0 Å². The van der Waals surface area contributed by atoms with Crippen LogP contribution in [0.3, 0.4) is 0 Å². The first-order valence-electron chi connectivity index (χ1n) is 9.28. The Morgan fingerprint density at radius 1 is 0.686 bits per heavy atom. The van der Waals surface area contributed by atoms with E-state index in [9.17, 15) is 54.6 Å². The Kier molecular flexibility index (Phi) is 6.42. The lowest BCUT2D eigenvalue weighted by Crippen LogP contribution is -2.17. The lowest BCUT2D eigenvalue weighted by molar-refractivity contribution is -0.141. The van der Waals surface area contributed by atoms with Gasteiger partial charge in [-0.05, 0) is 53.1 Å². The Bertz CT molecular complexity index is 1330. The maximum atomic E-state index is 13.3. The maximum Gasteiger partial charge on any atom is 0.416 e. The molecule has 2 N–H and O–H groups in total. The van der Waals surface area contributed by atoms with Gasteiger partial charge in [-0.15, -0.1) is 0 Å². The summed E-state index contributed by atoms with van der Waals surface area (Å²) < 4.78 is 106. The zero-order chi connectivity index (χ0) is 26.3. The van der Waals surface area contributed by atoms with Crippen LogP contribution in [0.4, 0.5) is 26.3 Å². The van der Waals surface area contributed by atoms with E-state index in [4.69, 9.17) is 0 Å². The van der Waals surface area contributed by atoms with Crippen LogP contribution < -0.4 is 0 Å². The summed E-state index contributed by atoms with van der Waals surface area (Å²) in [4.78, 5) is 21.2. The Morgan fingerprint density at radius 3 is 1.37 bits per heavy atom. The van der Waals surface area contributed by atoms with Gasteiger partial charge in [-0.2, -0.15) is 26.3 Å². The number of carboxylic acid groups (broad SMARTS) is 2. The largest absolute Gasteiger partial charge is 0.477 e. The van der Waals surface area contributed by atoms with E-state index in [0.717, 1.165) is 24.3 Å². The minimum Gasteiger partial charge on any atom is -0.477 e. The quantitative estimate of drug-likeness (QED) is 0.255. The molecule has 13 heteroatoms. The number of halogens is 6. The molecule has 2 aromatic rings. The lowest BCUT2D eigenvalue weighted by atomic mass is 10.0. The molecular weight excluding hydrogens is 506 g/mol. The third-order valence-electron chi connectivity index (χ3n) is 4.82. The zero-order valence-corrected chi connectivity index (χ0v) is 17.8. The van der Waals surface area contributed by atoms with Crippen LogP contribution in [0.5, 0.6) is 0 Å². The molecule has 0 spiro atoms. The molecule has 0 amide bonds. The molecule has 0 atom stereocenters. The number of benzene rings is 2. The second-order valence-electron chi connectivity index (χ2n) is 7.12. The first-order valence-corrected chi connectivity index (χ1v) is 10.8. The second kappa shape index (κ2) is 8.73. The summed E-state index contributed by atoms with van der Waals surface area (Å²) in [5, 5.41) is 18.6. The molecule has 0 aromatic heterocycles. The van der Waals surface area contributed by atoms with Crippen molar-refractivity contribution in [1.29, 1.82) is 0 Å². The van der Waals surface area contributed by atoms with Gasteiger partial charge in [0.15, 0.2) is 5.57 Å². The molecule has 0 saturated heterocycles. The molecule has 35 heavy (non-hydrogen) atoms. The number of allylic oxidation sites excluding steroid dienone is 3. The van der Waals surface area contributed by atoms with Crippen molar-refractivity contribution < 1.29 is 54.6 Å². The Hall–Kier alpha value is -3.87. The van der Waals surface area contributed by atoms with Crippen LogP contribution in [-0.4, -0.2) is 30.6 Å². The van der Waals surface area contributed by atoms with Gasteiger partial charge in [0.1, 0.15) is 0 Å². The van der Waals surface area contributed by atoms with Crippen molar-refractivity contribution in [1.82, 2.24) is 0 Å². The smallest absolute Gasteiger partial charge is 0.416 e. The number of hydrogen-bond donors (Lipinski definition) is 2. The van der Waals surface area contributed by atoms with Crippen molar-refractivity contribution in [2.45, 2.75) is 12.4 Å². The molecule has 1 heterocycles. The van der Waals surface area contributed by atoms with E-state index in [-0.39, 0.29) is 0 Å². The van der Waals surface area contributed by atoms with Crippen LogP contribution in [0.25, 0.3) is 9.81 Å². The van der Waals surface area contributed by atoms with Gasteiger partial charge in [0, 0.05) is 0 Å². The van der Waals surface area contributed by atoms with Gasteiger partial charge in [-0.25, -0.2) is 18.0 Å². The molecular formula is C22H12F6O6S. The van der Waals surface area contributed by atoms with Crippen LogP contribution in [0.15, 0.2) is 71.8 Å². The Balaban J connectivity index is 2.38. The molecule has 6 nitrogen and oxygen atoms in total. The molecule has 0 fully saturated rings. The highest BCUT2D eigenvalue weighted by atomic mass is 32.2. The summed E-state index contributed by atoms with van der Waals surface area (Å²) in [6.45, 7) is 0. The number of alkyl halides is 6. The van der Waals surface area contributed by atoms with E-state index >= 15 is 0 Å². The van der Waals surface area contributed by atoms with Crippen molar-refractivity contribution in [3.8, 4) is 0 Å². The van der Waals surface area contributed by atoms with Gasteiger partial charge in [-0.1, -0.05) is 24.3 Å². The Labute approximate surface area is 193 Å². The lowest BCUT2D eigenvalue weighted by Gasteiger charge is -2.20. The molecule has 0 bridgehead atoms. The van der Waals surface area contributed by atoms with Crippen molar-refractivity contribution in [3.63, 3.8) is 0 Å². The molecule has 1 aliphatic heterocycles. The predicted molar refractivity (Wildman–Crippen MR) is 110 cm³/mol. The van der Waals surface area contributed by atoms with Gasteiger partial charge >= 0.3 is 24.3 Å². The molecule has 1 aliphatic rings. The van der Waals surface area contributed by atoms with Crippen LogP contribution in [0.1, 0.15) is 22.3 Å². The highest BCUT2D eigenvalue weighted by molar-refractivity contribution is 8.09. The van der Waals surface area contributed by atoms with Crippen LogP contribution in [0, 0.1) is 0 Å². The van der Waals surface area contributed by atoms with E-state index < -0.39 is 77.3 Å². The summed E-state index contributed by atoms with van der Waals surface area (Å²) in [6.07, 6.45) is -8.67. The molecule has 184 valence electrons. The van der Waals surface area contributed by atoms with E-state index in [1.807, 2.05) is 0 Å². The van der Waals surface area contributed by atoms with Gasteiger partial charge < -0.3 is 10.2 Å². The number of carboxylic acids is 2. The number of carbonyl (C=O) groups is 2. The van der Waals surface area contributed by atoms with Crippen LogP contribution >= 0.6 is 0 Å². The molecule has 3 rings (SSSR count). The first kappa shape index (κ1) is 25.7. The monoisotopic (exact) mass is 518 g/mol. The fourth-order valence-electron chi connectivity index (χ4n) is 3.26. The maximum absolute atomic E-state index is 13.3. The normalized spacial score (nSPS) is 15.8. The third-order valence-corrected chi connectivity index (χ3v) is 6.68. The van der Waals surface area contributed by atoms with E-state index in [0.29, 0.717) is 36.4 Å².